The van der Waals surface area contributed by atoms with Gasteiger partial charge in [-0.1, -0.05) is 0 Å². The molecule has 3 heterocycles. The third-order valence-corrected chi connectivity index (χ3v) is 4.08. The monoisotopic (exact) mass is 301 g/mol. The number of H-pyrrole nitrogens is 1. The number of piperidine rings is 1. The summed E-state index contributed by atoms with van der Waals surface area (Å²) in [5, 5.41) is 10.0. The number of amides is 1. The summed E-state index contributed by atoms with van der Waals surface area (Å²) in [4.78, 5) is 24.7. The van der Waals surface area contributed by atoms with Crippen LogP contribution < -0.4 is 4.90 Å². The Kier molecular flexibility index (Phi) is 3.99. The summed E-state index contributed by atoms with van der Waals surface area (Å²) >= 11 is 0. The molecule has 1 N–H and O–H groups in total. The third-order valence-electron chi connectivity index (χ3n) is 4.08. The van der Waals surface area contributed by atoms with Gasteiger partial charge in [-0.05, 0) is 19.8 Å². The molecule has 0 bridgehead atoms. The van der Waals surface area contributed by atoms with E-state index in [9.17, 15) is 4.79 Å². The smallest absolute Gasteiger partial charge is 0.276 e. The highest BCUT2D eigenvalue weighted by molar-refractivity contribution is 5.91. The Bertz CT molecular complexity index is 634. The Hall–Kier alpha value is -2.51. The van der Waals surface area contributed by atoms with E-state index in [0.29, 0.717) is 24.8 Å². The molecule has 0 unspecified atom stereocenters. The van der Waals surface area contributed by atoms with E-state index in [-0.39, 0.29) is 5.91 Å². The zero-order valence-corrected chi connectivity index (χ0v) is 12.7. The summed E-state index contributed by atoms with van der Waals surface area (Å²) in [5.41, 5.74) is 1.33. The average Bonchev–Trinajstić information content (AvgIpc) is 3.08. The fraction of sp³-hybridized carbons (Fsp3) is 0.500. The first kappa shape index (κ1) is 14.4. The SMILES string of the molecule is Cc1cc(N(C)C2CCN(C(=O)c3cn[nH]n3)CC2)ncn1. The van der Waals surface area contributed by atoms with Gasteiger partial charge in [0.25, 0.3) is 5.91 Å². The van der Waals surface area contributed by atoms with Gasteiger partial charge in [-0.15, -0.1) is 0 Å². The maximum atomic E-state index is 12.2. The number of anilines is 1. The minimum atomic E-state index is -0.0623. The van der Waals surface area contributed by atoms with Crippen molar-refractivity contribution in [1.29, 1.82) is 0 Å². The molecule has 1 amide bonds. The Morgan fingerprint density at radius 1 is 1.36 bits per heavy atom. The molecule has 0 spiro atoms. The summed E-state index contributed by atoms with van der Waals surface area (Å²) in [6, 6.07) is 2.35. The van der Waals surface area contributed by atoms with Crippen molar-refractivity contribution in [2.24, 2.45) is 0 Å². The van der Waals surface area contributed by atoms with Gasteiger partial charge in [0.05, 0.1) is 6.20 Å². The van der Waals surface area contributed by atoms with Crippen LogP contribution in [0.3, 0.4) is 0 Å². The first-order valence-corrected chi connectivity index (χ1v) is 7.31. The number of hydrogen-bond donors (Lipinski definition) is 1. The number of nitrogens with one attached hydrogen (secondary N) is 1. The molecule has 0 saturated carbocycles. The van der Waals surface area contributed by atoms with Crippen LogP contribution in [0.2, 0.25) is 0 Å². The number of hydrogen-bond acceptors (Lipinski definition) is 6. The van der Waals surface area contributed by atoms with Gasteiger partial charge < -0.3 is 9.80 Å². The predicted molar refractivity (Wildman–Crippen MR) is 80.5 cm³/mol. The van der Waals surface area contributed by atoms with Crippen LogP contribution in [0, 0.1) is 6.92 Å². The largest absolute Gasteiger partial charge is 0.356 e. The Balaban J connectivity index is 1.61. The number of aromatic amines is 1. The highest BCUT2D eigenvalue weighted by Crippen LogP contribution is 2.21. The maximum absolute atomic E-state index is 12.2. The second kappa shape index (κ2) is 6.08. The second-order valence-electron chi connectivity index (χ2n) is 5.51. The topological polar surface area (TPSA) is 90.9 Å². The number of aryl methyl sites for hydroxylation is 1. The van der Waals surface area contributed by atoms with Crippen molar-refractivity contribution in [3.8, 4) is 0 Å². The van der Waals surface area contributed by atoms with Crippen LogP contribution in [-0.4, -0.2) is 62.4 Å². The Morgan fingerprint density at radius 3 is 2.77 bits per heavy atom. The Labute approximate surface area is 128 Å². The van der Waals surface area contributed by atoms with Crippen LogP contribution in [0.5, 0.6) is 0 Å². The van der Waals surface area contributed by atoms with Crippen molar-refractivity contribution >= 4 is 11.7 Å². The van der Waals surface area contributed by atoms with Crippen molar-refractivity contribution in [3.05, 3.63) is 30.0 Å². The lowest BCUT2D eigenvalue weighted by molar-refractivity contribution is 0.0707. The summed E-state index contributed by atoms with van der Waals surface area (Å²) in [7, 11) is 2.04. The number of nitrogens with zero attached hydrogens (tertiary/aromatic N) is 6. The number of carbonyl (C=O) groups excluding carboxylic acids is 1. The van der Waals surface area contributed by atoms with Crippen LogP contribution in [0.4, 0.5) is 5.82 Å². The van der Waals surface area contributed by atoms with Crippen molar-refractivity contribution in [2.75, 3.05) is 25.0 Å². The van der Waals surface area contributed by atoms with Crippen LogP contribution in [0.25, 0.3) is 0 Å². The average molecular weight is 301 g/mol. The molecule has 2 aromatic rings. The molecule has 3 rings (SSSR count). The number of rotatable bonds is 3. The first-order valence-electron chi connectivity index (χ1n) is 7.31. The van der Waals surface area contributed by atoms with Gasteiger partial charge in [-0.25, -0.2) is 9.97 Å². The van der Waals surface area contributed by atoms with Crippen LogP contribution in [0.15, 0.2) is 18.6 Å². The zero-order valence-electron chi connectivity index (χ0n) is 12.7. The van der Waals surface area contributed by atoms with Gasteiger partial charge in [0.1, 0.15) is 12.1 Å². The van der Waals surface area contributed by atoms with Crippen LogP contribution in [-0.2, 0) is 0 Å². The van der Waals surface area contributed by atoms with E-state index in [1.54, 1.807) is 6.33 Å². The second-order valence-corrected chi connectivity index (χ2v) is 5.51. The molecule has 1 aliphatic rings. The summed E-state index contributed by atoms with van der Waals surface area (Å²) in [5.74, 6) is 0.863. The number of carbonyl (C=O) groups is 1. The van der Waals surface area contributed by atoms with E-state index in [0.717, 1.165) is 24.4 Å². The quantitative estimate of drug-likeness (QED) is 0.895. The van der Waals surface area contributed by atoms with Gasteiger partial charge in [0.15, 0.2) is 5.69 Å². The van der Waals surface area contributed by atoms with E-state index in [2.05, 4.69) is 30.3 Å². The molecule has 0 aromatic carbocycles. The minimum absolute atomic E-state index is 0.0623. The summed E-state index contributed by atoms with van der Waals surface area (Å²) in [6.07, 6.45) is 4.86. The van der Waals surface area contributed by atoms with Gasteiger partial charge >= 0.3 is 0 Å². The molecule has 0 atom stereocenters. The highest BCUT2D eigenvalue weighted by Gasteiger charge is 2.27. The van der Waals surface area contributed by atoms with E-state index in [1.165, 1.54) is 6.20 Å². The molecule has 116 valence electrons. The predicted octanol–water partition coefficient (Wildman–Crippen LogP) is 0.644. The van der Waals surface area contributed by atoms with Gasteiger partial charge in [0, 0.05) is 37.9 Å². The fourth-order valence-corrected chi connectivity index (χ4v) is 2.74. The molecule has 8 nitrogen and oxygen atoms in total. The lowest BCUT2D eigenvalue weighted by Crippen LogP contribution is -2.46. The van der Waals surface area contributed by atoms with Gasteiger partial charge in [-0.3, -0.25) is 4.79 Å². The van der Waals surface area contributed by atoms with E-state index in [4.69, 9.17) is 0 Å². The number of aromatic nitrogens is 5. The van der Waals surface area contributed by atoms with E-state index in [1.807, 2.05) is 24.9 Å². The molecule has 8 heteroatoms. The molecular weight excluding hydrogens is 282 g/mol. The fourth-order valence-electron chi connectivity index (χ4n) is 2.74. The molecule has 1 aliphatic heterocycles. The Morgan fingerprint density at radius 2 is 2.14 bits per heavy atom. The maximum Gasteiger partial charge on any atom is 0.276 e. The molecule has 2 aromatic heterocycles. The summed E-state index contributed by atoms with van der Waals surface area (Å²) < 4.78 is 0. The van der Waals surface area contributed by atoms with Gasteiger partial charge in [0.2, 0.25) is 0 Å². The normalized spacial score (nSPS) is 15.8. The molecule has 0 aliphatic carbocycles. The highest BCUT2D eigenvalue weighted by atomic mass is 16.2. The summed E-state index contributed by atoms with van der Waals surface area (Å²) in [6.45, 7) is 3.38. The van der Waals surface area contributed by atoms with E-state index >= 15 is 0 Å². The molecular formula is C14H19N7O. The minimum Gasteiger partial charge on any atom is -0.356 e. The van der Waals surface area contributed by atoms with Crippen LogP contribution in [0.1, 0.15) is 29.0 Å². The van der Waals surface area contributed by atoms with Crippen molar-refractivity contribution in [3.63, 3.8) is 0 Å². The van der Waals surface area contributed by atoms with Crippen molar-refractivity contribution in [2.45, 2.75) is 25.8 Å². The lowest BCUT2D eigenvalue weighted by Gasteiger charge is -2.37. The van der Waals surface area contributed by atoms with E-state index < -0.39 is 0 Å². The molecule has 1 fully saturated rings. The standard InChI is InChI=1S/C14H19N7O/c1-10-7-13(16-9-15-10)20(2)11-3-5-21(6-4-11)14(22)12-8-17-19-18-12/h7-9,11H,3-6H2,1-2H3,(H,17,18,19). The van der Waals surface area contributed by atoms with Gasteiger partial charge in [-0.2, -0.15) is 15.4 Å². The zero-order chi connectivity index (χ0) is 15.5. The molecule has 22 heavy (non-hydrogen) atoms. The van der Waals surface area contributed by atoms with Crippen LogP contribution >= 0.6 is 0 Å². The first-order chi connectivity index (χ1) is 10.6. The third kappa shape index (κ3) is 2.90. The van der Waals surface area contributed by atoms with Crippen molar-refractivity contribution in [1.82, 2.24) is 30.3 Å². The lowest BCUT2D eigenvalue weighted by atomic mass is 10.0. The number of likely N-dealkylation sites (tertiary alicyclic amines) is 1. The molecule has 1 saturated heterocycles. The van der Waals surface area contributed by atoms with Crippen molar-refractivity contribution < 1.29 is 4.79 Å². The molecule has 0 radical (unpaired) electrons.